The summed E-state index contributed by atoms with van der Waals surface area (Å²) >= 11 is 0. The van der Waals surface area contributed by atoms with Gasteiger partial charge in [0.15, 0.2) is 0 Å². The van der Waals surface area contributed by atoms with Crippen LogP contribution in [0.4, 0.5) is 0 Å². The molecule has 0 spiro atoms. The van der Waals surface area contributed by atoms with Gasteiger partial charge in [0.25, 0.3) is 0 Å². The number of aliphatic carboxylic acids is 2. The fraction of sp³-hybridized carbons (Fsp3) is 0.903. The molecular formula is C31H60NO11P. The molecule has 0 saturated carbocycles. The first-order valence-corrected chi connectivity index (χ1v) is 18.2. The highest BCUT2D eigenvalue weighted by molar-refractivity contribution is 7.47. The van der Waals surface area contributed by atoms with E-state index in [-0.39, 0.29) is 64.6 Å². The van der Waals surface area contributed by atoms with Gasteiger partial charge < -0.3 is 29.9 Å². The molecule has 0 fully saturated rings. The van der Waals surface area contributed by atoms with E-state index in [4.69, 9.17) is 28.7 Å². The number of ether oxygens (including phenoxy) is 2. The smallest absolute Gasteiger partial charge is 0.472 e. The molecule has 260 valence electrons. The highest BCUT2D eigenvalue weighted by Gasteiger charge is 2.24. The molecule has 0 aromatic carbocycles. The summed E-state index contributed by atoms with van der Waals surface area (Å²) in [4.78, 5) is 42.8. The van der Waals surface area contributed by atoms with Gasteiger partial charge in [-0.05, 0) is 25.7 Å². The number of phosphoric acid groups is 1. The molecule has 2 atom stereocenters. The lowest BCUT2D eigenvalue weighted by molar-refractivity contribution is -0.138. The number of carbonyl (C=O) groups is 3. The summed E-state index contributed by atoms with van der Waals surface area (Å²) < 4.78 is 33.7. The fourth-order valence-corrected chi connectivity index (χ4v) is 5.19. The maximum absolute atomic E-state index is 12.3. The number of nitrogens with one attached hydrogen (secondary N) is 1. The number of rotatable bonds is 34. The van der Waals surface area contributed by atoms with Crippen molar-refractivity contribution in [2.75, 3.05) is 39.6 Å². The lowest BCUT2D eigenvalue weighted by Crippen LogP contribution is -2.28. The molecule has 2 unspecified atom stereocenters. The van der Waals surface area contributed by atoms with Crippen molar-refractivity contribution in [1.82, 2.24) is 5.32 Å². The number of carboxylic acids is 2. The molecule has 0 rings (SSSR count). The van der Waals surface area contributed by atoms with E-state index in [1.54, 1.807) is 0 Å². The van der Waals surface area contributed by atoms with Gasteiger partial charge in [-0.15, -0.1) is 0 Å². The zero-order valence-corrected chi connectivity index (χ0v) is 27.9. The van der Waals surface area contributed by atoms with Crippen LogP contribution in [0.3, 0.4) is 0 Å². The number of hydrogen-bond donors (Lipinski definition) is 4. The Morgan fingerprint density at radius 1 is 0.636 bits per heavy atom. The lowest BCUT2D eigenvalue weighted by atomic mass is 10.0. The molecule has 4 N–H and O–H groups in total. The van der Waals surface area contributed by atoms with E-state index in [9.17, 15) is 23.8 Å². The van der Waals surface area contributed by atoms with Gasteiger partial charge in [0.05, 0.1) is 19.8 Å². The fourth-order valence-electron chi connectivity index (χ4n) is 4.44. The molecule has 0 bridgehead atoms. The van der Waals surface area contributed by atoms with E-state index in [0.717, 1.165) is 12.8 Å². The van der Waals surface area contributed by atoms with Crippen molar-refractivity contribution in [3.63, 3.8) is 0 Å². The number of carboxylic acid groups (broad SMARTS) is 2. The third-order valence-corrected chi connectivity index (χ3v) is 7.97. The van der Waals surface area contributed by atoms with Crippen LogP contribution in [0.15, 0.2) is 0 Å². The number of unbranched alkanes of at least 4 members (excludes halogenated alkanes) is 14. The quantitative estimate of drug-likeness (QED) is 0.0433. The van der Waals surface area contributed by atoms with Crippen molar-refractivity contribution in [3.8, 4) is 0 Å². The average molecular weight is 654 g/mol. The topological polar surface area (TPSA) is 178 Å². The Morgan fingerprint density at radius 2 is 1.16 bits per heavy atom. The molecule has 0 aromatic heterocycles. The summed E-state index contributed by atoms with van der Waals surface area (Å²) in [5, 5.41) is 19.9. The first-order valence-electron chi connectivity index (χ1n) is 16.7. The Labute approximate surface area is 264 Å². The molecule has 44 heavy (non-hydrogen) atoms. The van der Waals surface area contributed by atoms with Gasteiger partial charge in [-0.25, -0.2) is 4.57 Å². The van der Waals surface area contributed by atoms with Crippen molar-refractivity contribution in [2.24, 2.45) is 0 Å². The number of amides is 1. The summed E-state index contributed by atoms with van der Waals surface area (Å²) in [6, 6.07) is 0. The second kappa shape index (κ2) is 30.1. The van der Waals surface area contributed by atoms with E-state index >= 15 is 0 Å². The summed E-state index contributed by atoms with van der Waals surface area (Å²) in [5.74, 6) is -2.24. The second-order valence-electron chi connectivity index (χ2n) is 11.2. The number of hydrogen-bond acceptors (Lipinski definition) is 8. The molecular weight excluding hydrogens is 593 g/mol. The molecule has 1 amide bonds. The molecule has 0 saturated heterocycles. The maximum atomic E-state index is 12.3. The van der Waals surface area contributed by atoms with E-state index in [1.807, 2.05) is 0 Å². The monoisotopic (exact) mass is 653 g/mol. The summed E-state index contributed by atoms with van der Waals surface area (Å²) in [5.41, 5.74) is 0. The zero-order valence-electron chi connectivity index (χ0n) is 27.0. The first kappa shape index (κ1) is 42.4. The van der Waals surface area contributed by atoms with Crippen LogP contribution in [0.1, 0.15) is 135 Å². The van der Waals surface area contributed by atoms with Crippen LogP contribution in [-0.2, 0) is 37.5 Å². The van der Waals surface area contributed by atoms with Crippen molar-refractivity contribution in [1.29, 1.82) is 0 Å². The number of carbonyl (C=O) groups excluding carboxylic acids is 1. The minimum absolute atomic E-state index is 0.0322. The lowest BCUT2D eigenvalue weighted by Gasteiger charge is -2.20. The normalized spacial score (nSPS) is 13.4. The highest BCUT2D eigenvalue weighted by Crippen LogP contribution is 2.43. The predicted molar refractivity (Wildman–Crippen MR) is 169 cm³/mol. The van der Waals surface area contributed by atoms with Gasteiger partial charge in [-0.1, -0.05) is 90.4 Å². The molecule has 0 heterocycles. The molecule has 12 nitrogen and oxygen atoms in total. The standard InChI is InChI=1S/C31H60NO11P/c1-2-3-4-5-6-7-8-9-10-11-12-13-14-16-23-40-26-28(41-24-17-15-20-30(34)35)27-43-44(38,39)42-25-22-32-29(33)19-18-21-31(36)37/h28H,2-27H2,1H3,(H,32,33)(H,34,35)(H,36,37)(H,38,39). The number of phosphoric ester groups is 1. The Kier molecular flexibility index (Phi) is 29.0. The van der Waals surface area contributed by atoms with Gasteiger partial charge in [-0.2, -0.15) is 0 Å². The Hall–Kier alpha value is -1.56. The molecule has 0 aliphatic carbocycles. The van der Waals surface area contributed by atoms with Crippen LogP contribution >= 0.6 is 7.82 Å². The summed E-state index contributed by atoms with van der Waals surface area (Å²) in [7, 11) is -4.42. The summed E-state index contributed by atoms with van der Waals surface area (Å²) in [6.45, 7) is 2.64. The molecule has 13 heteroatoms. The zero-order chi connectivity index (χ0) is 32.7. The highest BCUT2D eigenvalue weighted by atomic mass is 31.2. The van der Waals surface area contributed by atoms with Crippen LogP contribution in [0.5, 0.6) is 0 Å². The van der Waals surface area contributed by atoms with Crippen molar-refractivity contribution >= 4 is 25.7 Å². The van der Waals surface area contributed by atoms with Gasteiger partial charge in [0, 0.05) is 39.0 Å². The van der Waals surface area contributed by atoms with Crippen LogP contribution in [-0.4, -0.2) is 78.6 Å². The van der Waals surface area contributed by atoms with Crippen LogP contribution in [0, 0.1) is 0 Å². The largest absolute Gasteiger partial charge is 0.481 e. The van der Waals surface area contributed by atoms with Gasteiger partial charge in [0.2, 0.25) is 5.91 Å². The summed E-state index contributed by atoms with van der Waals surface area (Å²) in [6.07, 6.45) is 18.3. The first-order chi connectivity index (χ1) is 21.2. The second-order valence-corrected chi connectivity index (χ2v) is 12.7. The molecule has 0 aliphatic rings. The molecule has 0 radical (unpaired) electrons. The van der Waals surface area contributed by atoms with Crippen molar-refractivity contribution < 1.29 is 52.6 Å². The van der Waals surface area contributed by atoms with Crippen molar-refractivity contribution in [2.45, 2.75) is 141 Å². The average Bonchev–Trinajstić information content (AvgIpc) is 2.97. The van der Waals surface area contributed by atoms with E-state index in [2.05, 4.69) is 12.2 Å². The van der Waals surface area contributed by atoms with Crippen LogP contribution < -0.4 is 5.32 Å². The van der Waals surface area contributed by atoms with E-state index in [0.29, 0.717) is 19.4 Å². The third kappa shape index (κ3) is 31.9. The molecule has 0 aliphatic heterocycles. The van der Waals surface area contributed by atoms with Gasteiger partial charge in [-0.3, -0.25) is 23.4 Å². The molecule has 0 aromatic rings. The van der Waals surface area contributed by atoms with Crippen LogP contribution in [0.2, 0.25) is 0 Å². The minimum Gasteiger partial charge on any atom is -0.481 e. The minimum atomic E-state index is -4.42. The van der Waals surface area contributed by atoms with Crippen molar-refractivity contribution in [3.05, 3.63) is 0 Å². The third-order valence-electron chi connectivity index (χ3n) is 6.98. The van der Waals surface area contributed by atoms with E-state index < -0.39 is 25.9 Å². The van der Waals surface area contributed by atoms with E-state index in [1.165, 1.54) is 77.0 Å². The van der Waals surface area contributed by atoms with Gasteiger partial charge in [0.1, 0.15) is 6.10 Å². The maximum Gasteiger partial charge on any atom is 0.472 e. The van der Waals surface area contributed by atoms with Gasteiger partial charge >= 0.3 is 19.8 Å². The SMILES string of the molecule is CCCCCCCCCCCCCCCCOCC(COP(=O)(O)OCCNC(=O)CCCC(=O)O)OCCCCC(=O)O. The Balaban J connectivity index is 4.12. The predicted octanol–water partition coefficient (Wildman–Crippen LogP) is 6.63. The Bertz CT molecular complexity index is 769. The van der Waals surface area contributed by atoms with Crippen LogP contribution in [0.25, 0.3) is 0 Å². The Morgan fingerprint density at radius 3 is 1.73 bits per heavy atom.